The first kappa shape index (κ1) is 15.7. The van der Waals surface area contributed by atoms with Crippen LogP contribution < -0.4 is 10.2 Å². The van der Waals surface area contributed by atoms with E-state index in [1.54, 1.807) is 12.1 Å². The van der Waals surface area contributed by atoms with Gasteiger partial charge in [-0.05, 0) is 30.9 Å². The fraction of sp³-hybridized carbons (Fsp3) is 0.562. The van der Waals surface area contributed by atoms with Crippen LogP contribution in [-0.2, 0) is 4.74 Å². The summed E-state index contributed by atoms with van der Waals surface area (Å²) in [4.78, 5) is 25.1. The van der Waals surface area contributed by atoms with Crippen LogP contribution in [0.15, 0.2) is 18.2 Å². The molecule has 0 radical (unpaired) electrons. The Kier molecular flexibility index (Phi) is 4.76. The summed E-state index contributed by atoms with van der Waals surface area (Å²) in [6.45, 7) is 3.00. The Morgan fingerprint density at radius 1 is 1.35 bits per heavy atom. The summed E-state index contributed by atoms with van der Waals surface area (Å²) in [7, 11) is 0. The average Bonchev–Trinajstić information content (AvgIpc) is 2.53. The van der Waals surface area contributed by atoms with E-state index >= 15 is 0 Å². The van der Waals surface area contributed by atoms with Crippen LogP contribution >= 0.6 is 0 Å². The summed E-state index contributed by atoms with van der Waals surface area (Å²) in [5.74, 6) is 0.315. The van der Waals surface area contributed by atoms with Gasteiger partial charge in [-0.2, -0.15) is 0 Å². The minimum Gasteiger partial charge on any atom is -0.378 e. The summed E-state index contributed by atoms with van der Waals surface area (Å²) in [6, 6.07) is 4.70. The molecule has 3 rings (SSSR count). The number of amides is 1. The molecule has 1 aromatic carbocycles. The van der Waals surface area contributed by atoms with E-state index in [1.165, 1.54) is 12.5 Å². The van der Waals surface area contributed by atoms with Gasteiger partial charge in [0.1, 0.15) is 5.69 Å². The molecule has 23 heavy (non-hydrogen) atoms. The van der Waals surface area contributed by atoms with Crippen LogP contribution in [0.1, 0.15) is 29.6 Å². The highest BCUT2D eigenvalue weighted by Gasteiger charge is 2.24. The van der Waals surface area contributed by atoms with E-state index in [2.05, 4.69) is 5.32 Å². The predicted molar refractivity (Wildman–Crippen MR) is 85.8 cm³/mol. The lowest BCUT2D eigenvalue weighted by Gasteiger charge is -2.28. The molecule has 2 fully saturated rings. The third-order valence-corrected chi connectivity index (χ3v) is 4.56. The van der Waals surface area contributed by atoms with E-state index in [0.29, 0.717) is 50.0 Å². The van der Waals surface area contributed by atoms with Crippen molar-refractivity contribution in [1.82, 2.24) is 5.32 Å². The number of ether oxygens (including phenoxy) is 1. The number of nitrogens with one attached hydrogen (secondary N) is 1. The maximum atomic E-state index is 12.2. The van der Waals surface area contributed by atoms with Crippen LogP contribution in [0.3, 0.4) is 0 Å². The van der Waals surface area contributed by atoms with Gasteiger partial charge in [0.2, 0.25) is 0 Å². The molecule has 2 aliphatic rings. The third-order valence-electron chi connectivity index (χ3n) is 4.56. The zero-order valence-corrected chi connectivity index (χ0v) is 13.0. The lowest BCUT2D eigenvalue weighted by Crippen LogP contribution is -2.36. The van der Waals surface area contributed by atoms with E-state index in [9.17, 15) is 14.9 Å². The van der Waals surface area contributed by atoms with Gasteiger partial charge in [-0.25, -0.2) is 0 Å². The SMILES string of the molecule is O=C(NCC1CCC1)c1ccc(N2CCOCC2)c([N+](=O)[O-])c1. The molecular formula is C16H21N3O4. The molecule has 0 aromatic heterocycles. The monoisotopic (exact) mass is 319 g/mol. The molecule has 1 aliphatic heterocycles. The summed E-state index contributed by atoms with van der Waals surface area (Å²) in [5.41, 5.74) is 0.866. The molecular weight excluding hydrogens is 298 g/mol. The van der Waals surface area contributed by atoms with Crippen molar-refractivity contribution in [1.29, 1.82) is 0 Å². The number of nitro benzene ring substituents is 1. The van der Waals surface area contributed by atoms with E-state index in [0.717, 1.165) is 12.8 Å². The minimum absolute atomic E-state index is 0.0248. The number of anilines is 1. The number of rotatable bonds is 5. The largest absolute Gasteiger partial charge is 0.378 e. The molecule has 0 spiro atoms. The summed E-state index contributed by atoms with van der Waals surface area (Å²) >= 11 is 0. The molecule has 1 saturated heterocycles. The van der Waals surface area contributed by atoms with Gasteiger partial charge in [-0.3, -0.25) is 14.9 Å². The molecule has 7 nitrogen and oxygen atoms in total. The van der Waals surface area contributed by atoms with Crippen LogP contribution in [0.5, 0.6) is 0 Å². The van der Waals surface area contributed by atoms with Gasteiger partial charge in [0.25, 0.3) is 11.6 Å². The Hall–Kier alpha value is -2.15. The van der Waals surface area contributed by atoms with E-state index < -0.39 is 4.92 Å². The average molecular weight is 319 g/mol. The summed E-state index contributed by atoms with van der Waals surface area (Å²) in [5, 5.41) is 14.2. The predicted octanol–water partition coefficient (Wildman–Crippen LogP) is 1.96. The number of carbonyl (C=O) groups excluding carboxylic acids is 1. The smallest absolute Gasteiger partial charge is 0.293 e. The third kappa shape index (κ3) is 3.61. The Labute approximate surface area is 134 Å². The molecule has 1 heterocycles. The molecule has 124 valence electrons. The second-order valence-electron chi connectivity index (χ2n) is 6.07. The molecule has 1 N–H and O–H groups in total. The quantitative estimate of drug-likeness (QED) is 0.662. The van der Waals surface area contributed by atoms with Gasteiger partial charge in [0.15, 0.2) is 0 Å². The van der Waals surface area contributed by atoms with Crippen LogP contribution in [0.2, 0.25) is 0 Å². The van der Waals surface area contributed by atoms with Crippen molar-refractivity contribution in [2.24, 2.45) is 5.92 Å². The molecule has 0 atom stereocenters. The van der Waals surface area contributed by atoms with Crippen molar-refractivity contribution in [3.63, 3.8) is 0 Å². The Morgan fingerprint density at radius 3 is 2.70 bits per heavy atom. The Bertz CT molecular complexity index is 595. The number of hydrogen-bond donors (Lipinski definition) is 1. The van der Waals surface area contributed by atoms with Crippen LogP contribution in [0.25, 0.3) is 0 Å². The molecule has 1 saturated carbocycles. The zero-order valence-electron chi connectivity index (χ0n) is 13.0. The number of nitro groups is 1. The maximum Gasteiger partial charge on any atom is 0.293 e. The van der Waals surface area contributed by atoms with E-state index in [4.69, 9.17) is 4.74 Å². The first-order valence-electron chi connectivity index (χ1n) is 8.04. The van der Waals surface area contributed by atoms with Crippen molar-refractivity contribution < 1.29 is 14.5 Å². The highest BCUT2D eigenvalue weighted by Crippen LogP contribution is 2.30. The Balaban J connectivity index is 1.75. The summed E-state index contributed by atoms with van der Waals surface area (Å²) in [6.07, 6.45) is 3.52. The number of morpholine rings is 1. The van der Waals surface area contributed by atoms with Crippen LogP contribution in [-0.4, -0.2) is 43.7 Å². The molecule has 1 aliphatic carbocycles. The van der Waals surface area contributed by atoms with E-state index in [1.807, 2.05) is 4.90 Å². The minimum atomic E-state index is -0.423. The molecule has 0 unspecified atom stereocenters. The fourth-order valence-electron chi connectivity index (χ4n) is 2.92. The van der Waals surface area contributed by atoms with E-state index in [-0.39, 0.29) is 11.6 Å². The highest BCUT2D eigenvalue weighted by atomic mass is 16.6. The standard InChI is InChI=1S/C16H21N3O4/c20-16(17-11-12-2-1-3-12)13-4-5-14(15(10-13)19(21)22)18-6-8-23-9-7-18/h4-5,10,12H,1-3,6-9,11H2,(H,17,20). The molecule has 7 heteroatoms. The molecule has 0 bridgehead atoms. The highest BCUT2D eigenvalue weighted by molar-refractivity contribution is 5.95. The lowest BCUT2D eigenvalue weighted by atomic mass is 9.85. The normalized spacial score (nSPS) is 18.3. The topological polar surface area (TPSA) is 84.7 Å². The number of carbonyl (C=O) groups is 1. The zero-order chi connectivity index (χ0) is 16.2. The second kappa shape index (κ2) is 6.95. The number of nitrogens with zero attached hydrogens (tertiary/aromatic N) is 2. The maximum absolute atomic E-state index is 12.2. The van der Waals surface area contributed by atoms with Gasteiger partial charge in [0.05, 0.1) is 18.1 Å². The summed E-state index contributed by atoms with van der Waals surface area (Å²) < 4.78 is 5.28. The van der Waals surface area contributed by atoms with Crippen molar-refractivity contribution in [3.8, 4) is 0 Å². The molecule has 1 amide bonds. The van der Waals surface area contributed by atoms with Crippen molar-refractivity contribution >= 4 is 17.3 Å². The van der Waals surface area contributed by atoms with Gasteiger partial charge < -0.3 is 15.0 Å². The first-order chi connectivity index (χ1) is 11.1. The Morgan fingerprint density at radius 2 is 2.09 bits per heavy atom. The van der Waals surface area contributed by atoms with Crippen molar-refractivity contribution in [2.45, 2.75) is 19.3 Å². The van der Waals surface area contributed by atoms with Crippen molar-refractivity contribution in [2.75, 3.05) is 37.7 Å². The van der Waals surface area contributed by atoms with Crippen LogP contribution in [0.4, 0.5) is 11.4 Å². The van der Waals surface area contributed by atoms with Gasteiger partial charge in [-0.1, -0.05) is 6.42 Å². The molecule has 1 aromatic rings. The van der Waals surface area contributed by atoms with Gasteiger partial charge >= 0.3 is 0 Å². The lowest BCUT2D eigenvalue weighted by molar-refractivity contribution is -0.384. The number of hydrogen-bond acceptors (Lipinski definition) is 5. The second-order valence-corrected chi connectivity index (χ2v) is 6.07. The van der Waals surface area contributed by atoms with Gasteiger partial charge in [0, 0.05) is 31.3 Å². The number of benzene rings is 1. The fourth-order valence-corrected chi connectivity index (χ4v) is 2.92. The van der Waals surface area contributed by atoms with Crippen molar-refractivity contribution in [3.05, 3.63) is 33.9 Å². The first-order valence-corrected chi connectivity index (χ1v) is 8.04. The van der Waals surface area contributed by atoms with Gasteiger partial charge in [-0.15, -0.1) is 0 Å². The van der Waals surface area contributed by atoms with Crippen LogP contribution in [0, 0.1) is 16.0 Å².